The lowest BCUT2D eigenvalue weighted by Crippen LogP contribution is -2.56. The summed E-state index contributed by atoms with van der Waals surface area (Å²) in [6.07, 6.45) is 13.8. The SMILES string of the molecule is O=C(CN1CCC(N[C@H](Cc2ccc(Cl)cc2)C(=O)N2CCC(Cn3cncn3)(C3CCCCC3)CC2)CC1)Nc1ccc(F)c(F)c1. The molecular formula is C36H46ClF2N7O2. The molecule has 258 valence electrons. The monoisotopic (exact) mass is 681 g/mol. The van der Waals surface area contributed by atoms with Gasteiger partial charge in [0.15, 0.2) is 11.6 Å². The van der Waals surface area contributed by atoms with E-state index in [1.54, 1.807) is 6.33 Å². The number of halogens is 3. The maximum Gasteiger partial charge on any atom is 0.240 e. The molecule has 0 spiro atoms. The summed E-state index contributed by atoms with van der Waals surface area (Å²) in [5.41, 5.74) is 1.40. The van der Waals surface area contributed by atoms with Crippen LogP contribution in [0.5, 0.6) is 0 Å². The molecule has 2 amide bonds. The number of benzene rings is 2. The second-order valence-corrected chi connectivity index (χ2v) is 14.3. The van der Waals surface area contributed by atoms with Crippen molar-refractivity contribution >= 4 is 29.1 Å². The fourth-order valence-electron chi connectivity index (χ4n) is 8.03. The Bertz CT molecular complexity index is 1500. The second kappa shape index (κ2) is 15.9. The first-order valence-electron chi connectivity index (χ1n) is 17.4. The van der Waals surface area contributed by atoms with Gasteiger partial charge in [0.2, 0.25) is 11.8 Å². The van der Waals surface area contributed by atoms with Crippen molar-refractivity contribution in [3.8, 4) is 0 Å². The van der Waals surface area contributed by atoms with Gasteiger partial charge in [-0.05, 0) is 86.1 Å². The molecule has 2 N–H and O–H groups in total. The number of amides is 2. The van der Waals surface area contributed by atoms with E-state index < -0.39 is 11.6 Å². The Labute approximate surface area is 286 Å². The van der Waals surface area contributed by atoms with Crippen LogP contribution in [0.3, 0.4) is 0 Å². The molecule has 1 aliphatic carbocycles. The van der Waals surface area contributed by atoms with Crippen LogP contribution in [-0.2, 0) is 22.6 Å². The zero-order valence-corrected chi connectivity index (χ0v) is 28.2. The lowest BCUT2D eigenvalue weighted by molar-refractivity contribution is -0.137. The molecular weight excluding hydrogens is 636 g/mol. The Morgan fingerprint density at radius 3 is 2.33 bits per heavy atom. The molecule has 3 fully saturated rings. The van der Waals surface area contributed by atoms with Gasteiger partial charge in [-0.25, -0.2) is 13.8 Å². The summed E-state index contributed by atoms with van der Waals surface area (Å²) < 4.78 is 28.8. The molecule has 3 aliphatic rings. The minimum atomic E-state index is -0.998. The van der Waals surface area contributed by atoms with E-state index in [9.17, 15) is 18.4 Å². The highest BCUT2D eigenvalue weighted by molar-refractivity contribution is 6.30. The summed E-state index contributed by atoms with van der Waals surface area (Å²) in [5, 5.41) is 11.5. The highest BCUT2D eigenvalue weighted by Gasteiger charge is 2.44. The van der Waals surface area contributed by atoms with E-state index in [2.05, 4.69) is 25.6 Å². The van der Waals surface area contributed by atoms with Crippen molar-refractivity contribution in [1.82, 2.24) is 29.9 Å². The fourth-order valence-corrected chi connectivity index (χ4v) is 8.16. The van der Waals surface area contributed by atoms with Gasteiger partial charge in [-0.15, -0.1) is 0 Å². The lowest BCUT2D eigenvalue weighted by Gasteiger charge is -2.48. The van der Waals surface area contributed by atoms with Crippen molar-refractivity contribution in [2.24, 2.45) is 11.3 Å². The van der Waals surface area contributed by atoms with Gasteiger partial charge in [0.1, 0.15) is 12.7 Å². The first-order valence-corrected chi connectivity index (χ1v) is 17.7. The van der Waals surface area contributed by atoms with E-state index in [1.807, 2.05) is 40.2 Å². The molecule has 2 saturated heterocycles. The van der Waals surface area contributed by atoms with Gasteiger partial charge in [0, 0.05) is 55.5 Å². The minimum absolute atomic E-state index is 0.119. The molecule has 9 nitrogen and oxygen atoms in total. The summed E-state index contributed by atoms with van der Waals surface area (Å²) in [6.45, 7) is 3.83. The van der Waals surface area contributed by atoms with Gasteiger partial charge in [-0.3, -0.25) is 19.2 Å². The third-order valence-corrected chi connectivity index (χ3v) is 11.0. The van der Waals surface area contributed by atoms with Crippen molar-refractivity contribution < 1.29 is 18.4 Å². The third kappa shape index (κ3) is 8.78. The van der Waals surface area contributed by atoms with Crippen molar-refractivity contribution in [2.75, 3.05) is 38.0 Å². The van der Waals surface area contributed by atoms with Gasteiger partial charge in [0.25, 0.3) is 0 Å². The quantitative estimate of drug-likeness (QED) is 0.270. The Morgan fingerprint density at radius 1 is 0.938 bits per heavy atom. The second-order valence-electron chi connectivity index (χ2n) is 13.9. The van der Waals surface area contributed by atoms with Crippen molar-refractivity contribution in [2.45, 2.75) is 82.8 Å². The van der Waals surface area contributed by atoms with Crippen molar-refractivity contribution in [1.29, 1.82) is 0 Å². The molecule has 2 aromatic carbocycles. The number of likely N-dealkylation sites (tertiary alicyclic amines) is 2. The number of nitrogens with zero attached hydrogens (tertiary/aromatic N) is 5. The summed E-state index contributed by atoms with van der Waals surface area (Å²) >= 11 is 6.17. The third-order valence-electron chi connectivity index (χ3n) is 10.7. The Hall–Kier alpha value is -3.41. The molecule has 1 saturated carbocycles. The number of carbonyl (C=O) groups excluding carboxylic acids is 2. The topological polar surface area (TPSA) is 95.4 Å². The summed E-state index contributed by atoms with van der Waals surface area (Å²) in [4.78, 5) is 35.2. The number of anilines is 1. The number of rotatable bonds is 11. The summed E-state index contributed by atoms with van der Waals surface area (Å²) in [7, 11) is 0. The van der Waals surface area contributed by atoms with Crippen LogP contribution in [0.1, 0.15) is 63.4 Å². The maximum atomic E-state index is 14.3. The number of aromatic nitrogens is 3. The van der Waals surface area contributed by atoms with Gasteiger partial charge in [-0.2, -0.15) is 5.10 Å². The van der Waals surface area contributed by atoms with Gasteiger partial charge in [-0.1, -0.05) is 43.0 Å². The molecule has 1 atom stereocenters. The number of nitrogens with one attached hydrogen (secondary N) is 2. The number of hydrogen-bond acceptors (Lipinski definition) is 6. The minimum Gasteiger partial charge on any atom is -0.341 e. The van der Waals surface area contributed by atoms with E-state index >= 15 is 0 Å². The lowest BCUT2D eigenvalue weighted by atomic mass is 9.63. The molecule has 3 heterocycles. The molecule has 1 aromatic heterocycles. The van der Waals surface area contributed by atoms with E-state index in [0.717, 1.165) is 63.0 Å². The predicted octanol–water partition coefficient (Wildman–Crippen LogP) is 5.70. The highest BCUT2D eigenvalue weighted by atomic mass is 35.5. The van der Waals surface area contributed by atoms with Crippen LogP contribution >= 0.6 is 11.6 Å². The zero-order chi connectivity index (χ0) is 33.5. The standard InChI is InChI=1S/C36H46ClF2N7O2/c37-28-8-6-26(7-9-28)20-33(42-29-12-16-44(17-13-29)22-34(47)43-30-10-11-31(38)32(39)21-30)35(48)45-18-14-36(15-19-45,23-46-25-40-24-41-46)27-4-2-1-3-5-27/h6-11,21,24-25,27,29,33,42H,1-5,12-20,22-23H2,(H,43,47)/t33-/m1/s1. The molecule has 48 heavy (non-hydrogen) atoms. The number of carbonyl (C=O) groups is 2. The van der Waals surface area contributed by atoms with E-state index in [1.165, 1.54) is 38.2 Å². The normalized spacial score (nSPS) is 20.0. The Kier molecular flexibility index (Phi) is 11.4. The molecule has 6 rings (SSSR count). The molecule has 12 heteroatoms. The molecule has 3 aromatic rings. The average Bonchev–Trinajstić information content (AvgIpc) is 3.61. The van der Waals surface area contributed by atoms with Gasteiger partial charge in [0.05, 0.1) is 12.6 Å². The van der Waals surface area contributed by atoms with Crippen molar-refractivity contribution in [3.05, 3.63) is 77.3 Å². The van der Waals surface area contributed by atoms with Crippen LogP contribution in [0.4, 0.5) is 14.5 Å². The molecule has 2 aliphatic heterocycles. The van der Waals surface area contributed by atoms with Crippen LogP contribution in [0.25, 0.3) is 0 Å². The van der Waals surface area contributed by atoms with Gasteiger partial charge >= 0.3 is 0 Å². The zero-order valence-electron chi connectivity index (χ0n) is 27.4. The molecule has 0 bridgehead atoms. The summed E-state index contributed by atoms with van der Waals surface area (Å²) in [5.74, 6) is -1.45. The highest BCUT2D eigenvalue weighted by Crippen LogP contribution is 2.47. The maximum absolute atomic E-state index is 14.3. The fraction of sp³-hybridized carbons (Fsp3) is 0.556. The Balaban J connectivity index is 1.07. The number of hydrogen-bond donors (Lipinski definition) is 2. The van der Waals surface area contributed by atoms with E-state index in [0.29, 0.717) is 30.5 Å². The number of piperidine rings is 2. The van der Waals surface area contributed by atoms with E-state index in [-0.39, 0.29) is 41.5 Å². The van der Waals surface area contributed by atoms with Crippen LogP contribution in [-0.4, -0.2) is 81.2 Å². The van der Waals surface area contributed by atoms with Crippen LogP contribution in [0, 0.1) is 23.0 Å². The van der Waals surface area contributed by atoms with E-state index in [4.69, 9.17) is 11.6 Å². The van der Waals surface area contributed by atoms with Crippen LogP contribution < -0.4 is 10.6 Å². The smallest absolute Gasteiger partial charge is 0.240 e. The van der Waals surface area contributed by atoms with Gasteiger partial charge < -0.3 is 15.5 Å². The first kappa shape index (κ1) is 34.5. The molecule has 0 radical (unpaired) electrons. The average molecular weight is 682 g/mol. The van der Waals surface area contributed by atoms with Crippen molar-refractivity contribution in [3.63, 3.8) is 0 Å². The predicted molar refractivity (Wildman–Crippen MR) is 181 cm³/mol. The van der Waals surface area contributed by atoms with Crippen LogP contribution in [0.15, 0.2) is 55.1 Å². The Morgan fingerprint density at radius 2 is 1.67 bits per heavy atom. The van der Waals surface area contributed by atoms with Crippen LogP contribution in [0.2, 0.25) is 5.02 Å². The first-order chi connectivity index (χ1) is 23.3. The largest absolute Gasteiger partial charge is 0.341 e. The summed E-state index contributed by atoms with van der Waals surface area (Å²) in [6, 6.07) is 10.8. The molecule has 0 unspecified atom stereocenters.